The SMILES string of the molecule is O=C(O)CC(NC(=O)c1ccc(N2CCN(C(=O)c3ccccc3)CC2)c(NC(=O)C2CCCCC2)c1)c1cccnc1. The van der Waals surface area contributed by atoms with Gasteiger partial charge >= 0.3 is 5.97 Å². The van der Waals surface area contributed by atoms with E-state index < -0.39 is 17.9 Å². The lowest BCUT2D eigenvalue weighted by atomic mass is 9.88. The maximum Gasteiger partial charge on any atom is 0.305 e. The van der Waals surface area contributed by atoms with E-state index in [1.165, 1.54) is 6.20 Å². The second kappa shape index (κ2) is 14.0. The largest absolute Gasteiger partial charge is 0.481 e. The fourth-order valence-corrected chi connectivity index (χ4v) is 5.82. The van der Waals surface area contributed by atoms with Gasteiger partial charge in [-0.05, 0) is 54.8 Å². The summed E-state index contributed by atoms with van der Waals surface area (Å²) in [6.45, 7) is 2.18. The highest BCUT2D eigenvalue weighted by Crippen LogP contribution is 2.31. The average molecular weight is 584 g/mol. The Balaban J connectivity index is 1.36. The van der Waals surface area contributed by atoms with Crippen LogP contribution in [0.15, 0.2) is 73.1 Å². The number of pyridine rings is 1. The lowest BCUT2D eigenvalue weighted by Crippen LogP contribution is -2.49. The lowest BCUT2D eigenvalue weighted by Gasteiger charge is -2.37. The third-order valence-corrected chi connectivity index (χ3v) is 8.19. The number of aromatic nitrogens is 1. The molecule has 1 aliphatic heterocycles. The van der Waals surface area contributed by atoms with Gasteiger partial charge < -0.3 is 25.5 Å². The van der Waals surface area contributed by atoms with E-state index in [1.807, 2.05) is 41.3 Å². The molecule has 2 fully saturated rings. The fraction of sp³-hybridized carbons (Fsp3) is 0.364. The van der Waals surface area contributed by atoms with Crippen LogP contribution in [-0.2, 0) is 9.59 Å². The first-order valence-electron chi connectivity index (χ1n) is 14.9. The zero-order valence-electron chi connectivity index (χ0n) is 24.1. The van der Waals surface area contributed by atoms with Crippen LogP contribution in [0, 0.1) is 5.92 Å². The third kappa shape index (κ3) is 7.57. The summed E-state index contributed by atoms with van der Waals surface area (Å²) in [4.78, 5) is 59.2. The Hall–Kier alpha value is -4.73. The topological polar surface area (TPSA) is 132 Å². The Morgan fingerprint density at radius 2 is 1.63 bits per heavy atom. The Bertz CT molecular complexity index is 1430. The van der Waals surface area contributed by atoms with Crippen molar-refractivity contribution in [2.75, 3.05) is 36.4 Å². The predicted octanol–water partition coefficient (Wildman–Crippen LogP) is 4.51. The highest BCUT2D eigenvalue weighted by atomic mass is 16.4. The molecule has 1 saturated heterocycles. The van der Waals surface area contributed by atoms with Crippen molar-refractivity contribution in [2.24, 2.45) is 5.92 Å². The molecule has 2 aliphatic rings. The monoisotopic (exact) mass is 583 g/mol. The third-order valence-electron chi connectivity index (χ3n) is 8.19. The number of anilines is 2. The number of hydrogen-bond donors (Lipinski definition) is 3. The Morgan fingerprint density at radius 1 is 0.884 bits per heavy atom. The van der Waals surface area contributed by atoms with E-state index in [-0.39, 0.29) is 24.2 Å². The number of carboxylic acid groups (broad SMARTS) is 1. The fourth-order valence-electron chi connectivity index (χ4n) is 5.82. The summed E-state index contributed by atoms with van der Waals surface area (Å²) in [5.74, 6) is -1.65. The number of carboxylic acids is 1. The summed E-state index contributed by atoms with van der Waals surface area (Å²) in [5.41, 5.74) is 2.85. The van der Waals surface area contributed by atoms with Crippen LogP contribution < -0.4 is 15.5 Å². The summed E-state index contributed by atoms with van der Waals surface area (Å²) in [5, 5.41) is 15.4. The lowest BCUT2D eigenvalue weighted by molar-refractivity contribution is -0.137. The molecule has 2 heterocycles. The Morgan fingerprint density at radius 3 is 2.30 bits per heavy atom. The molecular formula is C33H37N5O5. The van der Waals surface area contributed by atoms with Gasteiger partial charge in [-0.15, -0.1) is 0 Å². The van der Waals surface area contributed by atoms with E-state index in [9.17, 15) is 24.3 Å². The molecule has 0 bridgehead atoms. The summed E-state index contributed by atoms with van der Waals surface area (Å²) < 4.78 is 0. The van der Waals surface area contributed by atoms with Gasteiger partial charge in [-0.25, -0.2) is 0 Å². The highest BCUT2D eigenvalue weighted by Gasteiger charge is 2.27. The van der Waals surface area contributed by atoms with Crippen molar-refractivity contribution in [1.82, 2.24) is 15.2 Å². The van der Waals surface area contributed by atoms with E-state index in [0.717, 1.165) is 37.8 Å². The number of aliphatic carboxylic acids is 1. The van der Waals surface area contributed by atoms with E-state index in [4.69, 9.17) is 0 Å². The summed E-state index contributed by atoms with van der Waals surface area (Å²) >= 11 is 0. The van der Waals surface area contributed by atoms with E-state index >= 15 is 0 Å². The smallest absolute Gasteiger partial charge is 0.305 e. The van der Waals surface area contributed by atoms with Crippen molar-refractivity contribution in [3.05, 3.63) is 89.7 Å². The van der Waals surface area contributed by atoms with Gasteiger partial charge in [-0.3, -0.25) is 24.2 Å². The zero-order chi connectivity index (χ0) is 30.2. The van der Waals surface area contributed by atoms with Crippen LogP contribution in [0.25, 0.3) is 0 Å². The van der Waals surface area contributed by atoms with Crippen molar-refractivity contribution < 1.29 is 24.3 Å². The molecule has 10 nitrogen and oxygen atoms in total. The molecule has 3 aromatic rings. The molecule has 10 heteroatoms. The molecule has 2 aromatic carbocycles. The molecule has 0 spiro atoms. The van der Waals surface area contributed by atoms with Gasteiger partial charge in [0.1, 0.15) is 0 Å². The van der Waals surface area contributed by atoms with Crippen LogP contribution in [0.2, 0.25) is 0 Å². The molecule has 0 radical (unpaired) electrons. The van der Waals surface area contributed by atoms with Crippen molar-refractivity contribution >= 4 is 35.1 Å². The number of piperazine rings is 1. The number of benzene rings is 2. The van der Waals surface area contributed by atoms with Gasteiger partial charge in [0.15, 0.2) is 0 Å². The standard InChI is InChI=1S/C33H37N5O5/c39-30(40)21-27(26-12-7-15-34-22-26)35-32(42)25-13-14-29(28(20-25)36-31(41)23-8-3-1-4-9-23)37-16-18-38(19-17-37)33(43)24-10-5-2-6-11-24/h2,5-7,10-15,20,22-23,27H,1,3-4,8-9,16-19,21H2,(H,35,42)(H,36,41)(H,39,40). The van der Waals surface area contributed by atoms with Crippen molar-refractivity contribution in [3.8, 4) is 0 Å². The van der Waals surface area contributed by atoms with Gasteiger partial charge in [0.25, 0.3) is 11.8 Å². The molecular weight excluding hydrogens is 546 g/mol. The van der Waals surface area contributed by atoms with Gasteiger partial charge in [-0.2, -0.15) is 0 Å². The van der Waals surface area contributed by atoms with Crippen LogP contribution in [0.1, 0.15) is 70.8 Å². The van der Waals surface area contributed by atoms with Crippen LogP contribution in [0.4, 0.5) is 11.4 Å². The molecule has 1 aliphatic carbocycles. The summed E-state index contributed by atoms with van der Waals surface area (Å²) in [7, 11) is 0. The molecule has 224 valence electrons. The van der Waals surface area contributed by atoms with E-state index in [0.29, 0.717) is 48.6 Å². The molecule has 43 heavy (non-hydrogen) atoms. The molecule has 5 rings (SSSR count). The van der Waals surface area contributed by atoms with Gasteiger partial charge in [0.2, 0.25) is 5.91 Å². The second-order valence-corrected chi connectivity index (χ2v) is 11.1. The normalized spacial score (nSPS) is 16.3. The average Bonchev–Trinajstić information content (AvgIpc) is 3.05. The number of hydrogen-bond acceptors (Lipinski definition) is 6. The van der Waals surface area contributed by atoms with Crippen LogP contribution >= 0.6 is 0 Å². The molecule has 1 saturated carbocycles. The number of rotatable bonds is 9. The number of nitrogens with zero attached hydrogens (tertiary/aromatic N) is 3. The van der Waals surface area contributed by atoms with E-state index in [2.05, 4.69) is 20.5 Å². The number of nitrogens with one attached hydrogen (secondary N) is 2. The molecule has 3 amide bonds. The van der Waals surface area contributed by atoms with Gasteiger partial charge in [-0.1, -0.05) is 43.5 Å². The van der Waals surface area contributed by atoms with Crippen molar-refractivity contribution in [1.29, 1.82) is 0 Å². The molecule has 1 atom stereocenters. The summed E-state index contributed by atoms with van der Waals surface area (Å²) in [6, 6.07) is 17.0. The predicted molar refractivity (Wildman–Crippen MR) is 163 cm³/mol. The molecule has 1 unspecified atom stereocenters. The number of amides is 3. The maximum atomic E-state index is 13.4. The minimum atomic E-state index is -1.05. The van der Waals surface area contributed by atoms with Gasteiger partial charge in [0, 0.05) is 55.6 Å². The number of carbonyl (C=O) groups excluding carboxylic acids is 3. The Kier molecular flexibility index (Phi) is 9.66. The van der Waals surface area contributed by atoms with Crippen LogP contribution in [0.3, 0.4) is 0 Å². The van der Waals surface area contributed by atoms with Crippen LogP contribution in [0.5, 0.6) is 0 Å². The second-order valence-electron chi connectivity index (χ2n) is 11.1. The maximum absolute atomic E-state index is 13.4. The minimum absolute atomic E-state index is 0.0115. The summed E-state index contributed by atoms with van der Waals surface area (Å²) in [6.07, 6.45) is 7.66. The zero-order valence-corrected chi connectivity index (χ0v) is 24.1. The van der Waals surface area contributed by atoms with Crippen molar-refractivity contribution in [3.63, 3.8) is 0 Å². The quantitative estimate of drug-likeness (QED) is 0.338. The first-order valence-corrected chi connectivity index (χ1v) is 14.9. The van der Waals surface area contributed by atoms with Gasteiger partial charge in [0.05, 0.1) is 23.8 Å². The highest BCUT2D eigenvalue weighted by molar-refractivity contribution is 6.01. The Labute approximate surface area is 251 Å². The van der Waals surface area contributed by atoms with Crippen molar-refractivity contribution in [2.45, 2.75) is 44.6 Å². The molecule has 1 aromatic heterocycles. The first kappa shape index (κ1) is 29.8. The first-order chi connectivity index (χ1) is 20.9. The molecule has 3 N–H and O–H groups in total. The van der Waals surface area contributed by atoms with Crippen LogP contribution in [-0.4, -0.2) is 64.9 Å². The van der Waals surface area contributed by atoms with E-state index in [1.54, 1.807) is 30.5 Å². The minimum Gasteiger partial charge on any atom is -0.481 e. The number of carbonyl (C=O) groups is 4.